The summed E-state index contributed by atoms with van der Waals surface area (Å²) in [6, 6.07) is 8.26. The predicted octanol–water partition coefficient (Wildman–Crippen LogP) is 1.03. The number of aromatic amines is 1. The lowest BCUT2D eigenvalue weighted by Crippen LogP contribution is -3.09. The van der Waals surface area contributed by atoms with Gasteiger partial charge in [0, 0.05) is 30.1 Å². The van der Waals surface area contributed by atoms with Crippen LogP contribution in [0.15, 0.2) is 30.5 Å². The van der Waals surface area contributed by atoms with E-state index >= 15 is 0 Å². The number of hydrogen-bond acceptors (Lipinski definition) is 1. The third-order valence-corrected chi connectivity index (χ3v) is 4.15. The molecule has 4 heteroatoms. The molecule has 0 saturated carbocycles. The molecule has 0 amide bonds. The molecule has 100 valence electrons. The maximum Gasteiger partial charge on any atom is 0.214 e. The number of H-pyrrole nitrogens is 1. The number of nitrogens with zero attached hydrogens (tertiary/aromatic N) is 1. The smallest absolute Gasteiger partial charge is 0.214 e. The van der Waals surface area contributed by atoms with Crippen LogP contribution in [0.4, 0.5) is 5.69 Å². The van der Waals surface area contributed by atoms with Crippen molar-refractivity contribution in [2.45, 2.75) is 6.42 Å². The molecule has 0 aliphatic carbocycles. The fourth-order valence-electron chi connectivity index (χ4n) is 2.81. The van der Waals surface area contributed by atoms with Crippen LogP contribution in [0.25, 0.3) is 10.9 Å². The highest BCUT2D eigenvalue weighted by Crippen LogP contribution is 2.26. The number of quaternary nitrogens is 1. The molecule has 3 rings (SSSR count). The van der Waals surface area contributed by atoms with Gasteiger partial charge in [0.2, 0.25) is 5.52 Å². The molecule has 2 heterocycles. The minimum atomic E-state index is 0.779. The monoisotopic (exact) mass is 277 g/mol. The zero-order valence-electron chi connectivity index (χ0n) is 11.2. The van der Waals surface area contributed by atoms with Crippen LogP contribution in [0.1, 0.15) is 6.42 Å². The van der Waals surface area contributed by atoms with Crippen LogP contribution in [0, 0.1) is 0 Å². The second kappa shape index (κ2) is 5.35. The molecule has 19 heavy (non-hydrogen) atoms. The van der Waals surface area contributed by atoms with E-state index in [2.05, 4.69) is 29.1 Å². The molecule has 1 aliphatic heterocycles. The number of hydrogen-bond donors (Lipinski definition) is 1. The van der Waals surface area contributed by atoms with Crippen molar-refractivity contribution in [1.82, 2.24) is 0 Å². The van der Waals surface area contributed by atoms with Gasteiger partial charge >= 0.3 is 0 Å². The molecule has 2 N–H and O–H groups in total. The SMILES string of the molecule is C[NH+]1CCCN(c2cc[nH+]c3cc(Cl)ccc23)CC1. The number of benzene rings is 1. The molecule has 2 aromatic rings. The van der Waals surface area contributed by atoms with Crippen molar-refractivity contribution < 1.29 is 9.88 Å². The Kier molecular flexibility index (Phi) is 3.58. The molecule has 1 fully saturated rings. The van der Waals surface area contributed by atoms with E-state index in [1.165, 1.54) is 30.6 Å². The summed E-state index contributed by atoms with van der Waals surface area (Å²) >= 11 is 6.07. The lowest BCUT2D eigenvalue weighted by molar-refractivity contribution is -0.876. The highest BCUT2D eigenvalue weighted by atomic mass is 35.5. The summed E-state index contributed by atoms with van der Waals surface area (Å²) in [5.41, 5.74) is 2.43. The number of pyridine rings is 1. The molecule has 1 unspecified atom stereocenters. The van der Waals surface area contributed by atoms with Gasteiger partial charge in [-0.3, -0.25) is 0 Å². The molecule has 0 radical (unpaired) electrons. The number of anilines is 1. The van der Waals surface area contributed by atoms with Crippen molar-refractivity contribution >= 4 is 28.2 Å². The van der Waals surface area contributed by atoms with E-state index in [1.807, 2.05) is 18.3 Å². The van der Waals surface area contributed by atoms with Crippen molar-refractivity contribution in [1.29, 1.82) is 0 Å². The van der Waals surface area contributed by atoms with Crippen molar-refractivity contribution in [2.24, 2.45) is 0 Å². The minimum Gasteiger partial charge on any atom is -0.365 e. The largest absolute Gasteiger partial charge is 0.365 e. The normalized spacial score (nSPS) is 20.5. The van der Waals surface area contributed by atoms with Crippen LogP contribution in [-0.4, -0.2) is 33.2 Å². The first-order valence-corrected chi connectivity index (χ1v) is 7.28. The highest BCUT2D eigenvalue weighted by Gasteiger charge is 2.18. The number of aromatic nitrogens is 1. The topological polar surface area (TPSA) is 21.8 Å². The van der Waals surface area contributed by atoms with Gasteiger partial charge in [0.05, 0.1) is 37.8 Å². The Morgan fingerprint density at radius 1 is 1.21 bits per heavy atom. The number of nitrogens with one attached hydrogen (secondary N) is 2. The average molecular weight is 278 g/mol. The van der Waals surface area contributed by atoms with Gasteiger partial charge in [0.25, 0.3) is 0 Å². The van der Waals surface area contributed by atoms with Crippen molar-refractivity contribution in [3.8, 4) is 0 Å². The van der Waals surface area contributed by atoms with Gasteiger partial charge in [-0.15, -0.1) is 0 Å². The van der Waals surface area contributed by atoms with E-state index < -0.39 is 0 Å². The Hall–Kier alpha value is -1.32. The Labute approximate surface area is 118 Å². The summed E-state index contributed by atoms with van der Waals surface area (Å²) in [6.07, 6.45) is 3.26. The lowest BCUT2D eigenvalue weighted by atomic mass is 10.1. The quantitative estimate of drug-likeness (QED) is 0.826. The van der Waals surface area contributed by atoms with E-state index in [-0.39, 0.29) is 0 Å². The van der Waals surface area contributed by atoms with E-state index in [0.29, 0.717) is 0 Å². The van der Waals surface area contributed by atoms with Crippen LogP contribution < -0.4 is 14.8 Å². The number of fused-ring (bicyclic) bond motifs is 1. The first-order valence-electron chi connectivity index (χ1n) is 6.90. The summed E-state index contributed by atoms with van der Waals surface area (Å²) in [5, 5.41) is 2.03. The summed E-state index contributed by atoms with van der Waals surface area (Å²) in [7, 11) is 2.28. The molecular weight excluding hydrogens is 258 g/mol. The predicted molar refractivity (Wildman–Crippen MR) is 79.0 cm³/mol. The van der Waals surface area contributed by atoms with Gasteiger partial charge in [0.15, 0.2) is 6.20 Å². The third kappa shape index (κ3) is 2.67. The summed E-state index contributed by atoms with van der Waals surface area (Å²) in [6.45, 7) is 4.72. The van der Waals surface area contributed by atoms with Crippen LogP contribution in [0.3, 0.4) is 0 Å². The maximum atomic E-state index is 6.07. The fraction of sp³-hybridized carbons (Fsp3) is 0.400. The van der Waals surface area contributed by atoms with Crippen LogP contribution in [-0.2, 0) is 0 Å². The summed E-state index contributed by atoms with van der Waals surface area (Å²) < 4.78 is 0. The Balaban J connectivity index is 2.00. The molecule has 1 atom stereocenters. The highest BCUT2D eigenvalue weighted by molar-refractivity contribution is 6.31. The molecule has 1 aliphatic rings. The lowest BCUT2D eigenvalue weighted by Gasteiger charge is -2.22. The van der Waals surface area contributed by atoms with Gasteiger partial charge in [-0.05, 0) is 12.1 Å². The van der Waals surface area contributed by atoms with Crippen LogP contribution >= 0.6 is 11.6 Å². The molecule has 1 aromatic heterocycles. The molecular formula is C15H20ClN3+2. The summed E-state index contributed by atoms with van der Waals surface area (Å²) in [4.78, 5) is 7.40. The molecule has 3 nitrogen and oxygen atoms in total. The Bertz CT molecular complexity index is 585. The maximum absolute atomic E-state index is 6.07. The first kappa shape index (κ1) is 12.7. The van der Waals surface area contributed by atoms with Gasteiger partial charge in [-0.2, -0.15) is 0 Å². The van der Waals surface area contributed by atoms with Gasteiger partial charge in [0.1, 0.15) is 0 Å². The van der Waals surface area contributed by atoms with E-state index in [4.69, 9.17) is 11.6 Å². The molecule has 1 saturated heterocycles. The minimum absolute atomic E-state index is 0.779. The molecule has 1 aromatic carbocycles. The first-order chi connectivity index (χ1) is 9.24. The zero-order valence-corrected chi connectivity index (χ0v) is 12.0. The van der Waals surface area contributed by atoms with E-state index in [1.54, 1.807) is 4.90 Å². The number of likely N-dealkylation sites (N-methyl/N-ethyl adjacent to an activating group) is 1. The summed E-state index contributed by atoms with van der Waals surface area (Å²) in [5.74, 6) is 0. The number of halogens is 1. The van der Waals surface area contributed by atoms with Gasteiger partial charge in [-0.1, -0.05) is 11.6 Å². The molecule has 0 bridgehead atoms. The zero-order chi connectivity index (χ0) is 13.2. The fourth-order valence-corrected chi connectivity index (χ4v) is 2.98. The third-order valence-electron chi connectivity index (χ3n) is 3.92. The van der Waals surface area contributed by atoms with Crippen molar-refractivity contribution in [3.63, 3.8) is 0 Å². The van der Waals surface area contributed by atoms with Gasteiger partial charge < -0.3 is 9.80 Å². The second-order valence-corrected chi connectivity index (χ2v) is 5.79. The van der Waals surface area contributed by atoms with E-state index in [0.717, 1.165) is 23.6 Å². The van der Waals surface area contributed by atoms with Crippen molar-refractivity contribution in [2.75, 3.05) is 38.1 Å². The second-order valence-electron chi connectivity index (χ2n) is 5.35. The van der Waals surface area contributed by atoms with Gasteiger partial charge in [-0.25, -0.2) is 4.98 Å². The number of rotatable bonds is 1. The average Bonchev–Trinajstić information content (AvgIpc) is 2.62. The molecule has 0 spiro atoms. The van der Waals surface area contributed by atoms with Crippen LogP contribution in [0.2, 0.25) is 5.02 Å². The van der Waals surface area contributed by atoms with Crippen molar-refractivity contribution in [3.05, 3.63) is 35.5 Å². The van der Waals surface area contributed by atoms with E-state index in [9.17, 15) is 0 Å². The standard InChI is InChI=1S/C15H18ClN3/c1-18-7-2-8-19(10-9-18)15-5-6-17-14-11-12(16)3-4-13(14)15/h3-6,11H,2,7-10H2,1H3/p+2. The Morgan fingerprint density at radius 2 is 2.11 bits per heavy atom. The van der Waals surface area contributed by atoms with Crippen LogP contribution in [0.5, 0.6) is 0 Å². The Morgan fingerprint density at radius 3 is 3.00 bits per heavy atom.